The maximum atomic E-state index is 12.0. The van der Waals surface area contributed by atoms with Gasteiger partial charge in [-0.05, 0) is 24.1 Å². The monoisotopic (exact) mass is 270 g/mol. The zero-order valence-electron chi connectivity index (χ0n) is 10.4. The lowest BCUT2D eigenvalue weighted by Crippen LogP contribution is -2.50. The Bertz CT molecular complexity index is 498. The van der Waals surface area contributed by atoms with Crippen molar-refractivity contribution in [3.05, 3.63) is 29.6 Å². The quantitative estimate of drug-likeness (QED) is 0.783. The summed E-state index contributed by atoms with van der Waals surface area (Å²) < 4.78 is 28.2. The Labute approximate surface area is 108 Å². The van der Waals surface area contributed by atoms with E-state index < -0.39 is 10.2 Å². The highest BCUT2D eigenvalue weighted by molar-refractivity contribution is 7.87. The van der Waals surface area contributed by atoms with Crippen LogP contribution in [0.4, 0.5) is 0 Å². The maximum absolute atomic E-state index is 12.0. The fourth-order valence-corrected chi connectivity index (χ4v) is 3.01. The van der Waals surface area contributed by atoms with E-state index in [4.69, 9.17) is 0 Å². The van der Waals surface area contributed by atoms with Crippen LogP contribution in [0.3, 0.4) is 0 Å². The van der Waals surface area contributed by atoms with Crippen LogP contribution >= 0.6 is 0 Å². The zero-order chi connectivity index (χ0) is 13.0. The smallest absolute Gasteiger partial charge is 0.279 e. The molecule has 1 aromatic heterocycles. The fraction of sp³-hybridized carbons (Fsp3) is 0.545. The standard InChI is InChI=1S/C11H18N4O2S/c1-10-2-3-13-8-11(10)9-14-18(16,17)15-6-4-12-5-7-15/h2-3,8,12,14H,4-7,9H2,1H3. The van der Waals surface area contributed by atoms with Crippen molar-refractivity contribution in [2.45, 2.75) is 13.5 Å². The third-order valence-electron chi connectivity index (χ3n) is 3.01. The summed E-state index contributed by atoms with van der Waals surface area (Å²) in [5.41, 5.74) is 1.93. The van der Waals surface area contributed by atoms with Gasteiger partial charge in [-0.15, -0.1) is 0 Å². The average Bonchev–Trinajstić information content (AvgIpc) is 2.39. The molecular weight excluding hydrogens is 252 g/mol. The van der Waals surface area contributed by atoms with Crippen molar-refractivity contribution in [1.82, 2.24) is 19.3 Å². The highest BCUT2D eigenvalue weighted by Crippen LogP contribution is 2.06. The minimum Gasteiger partial charge on any atom is -0.314 e. The van der Waals surface area contributed by atoms with Crippen LogP contribution in [-0.4, -0.2) is 43.9 Å². The Morgan fingerprint density at radius 3 is 2.83 bits per heavy atom. The second kappa shape index (κ2) is 5.75. The first-order valence-corrected chi connectivity index (χ1v) is 7.38. The van der Waals surface area contributed by atoms with Crippen LogP contribution in [0.25, 0.3) is 0 Å². The molecule has 2 N–H and O–H groups in total. The van der Waals surface area contributed by atoms with E-state index >= 15 is 0 Å². The zero-order valence-corrected chi connectivity index (χ0v) is 11.2. The Balaban J connectivity index is 1.98. The van der Waals surface area contributed by atoms with Crippen molar-refractivity contribution in [3.63, 3.8) is 0 Å². The van der Waals surface area contributed by atoms with Crippen LogP contribution in [0.15, 0.2) is 18.5 Å². The number of nitrogens with zero attached hydrogens (tertiary/aromatic N) is 2. The van der Waals surface area contributed by atoms with Gasteiger partial charge in [-0.1, -0.05) is 0 Å². The van der Waals surface area contributed by atoms with Gasteiger partial charge in [-0.2, -0.15) is 17.4 Å². The largest absolute Gasteiger partial charge is 0.314 e. The number of aryl methyl sites for hydroxylation is 1. The molecule has 0 spiro atoms. The summed E-state index contributed by atoms with van der Waals surface area (Å²) in [5.74, 6) is 0. The van der Waals surface area contributed by atoms with Gasteiger partial charge in [0.2, 0.25) is 0 Å². The SMILES string of the molecule is Cc1ccncc1CNS(=O)(=O)N1CCNCC1. The number of pyridine rings is 1. The molecule has 1 aromatic rings. The molecule has 0 radical (unpaired) electrons. The molecule has 0 bridgehead atoms. The molecule has 1 aliphatic heterocycles. The Morgan fingerprint density at radius 2 is 2.17 bits per heavy atom. The summed E-state index contributed by atoms with van der Waals surface area (Å²) in [4.78, 5) is 4.00. The fourth-order valence-electron chi connectivity index (χ4n) is 1.83. The molecule has 100 valence electrons. The van der Waals surface area contributed by atoms with E-state index in [0.717, 1.165) is 11.1 Å². The normalized spacial score (nSPS) is 17.8. The van der Waals surface area contributed by atoms with Gasteiger partial charge >= 0.3 is 0 Å². The Kier molecular flexibility index (Phi) is 4.28. The third kappa shape index (κ3) is 3.26. The Hall–Kier alpha value is -1.02. The van der Waals surface area contributed by atoms with Gasteiger partial charge in [0, 0.05) is 45.1 Å². The molecule has 18 heavy (non-hydrogen) atoms. The molecule has 1 fully saturated rings. The summed E-state index contributed by atoms with van der Waals surface area (Å²) in [6, 6.07) is 1.87. The number of hydrogen-bond acceptors (Lipinski definition) is 4. The van der Waals surface area contributed by atoms with Crippen molar-refractivity contribution >= 4 is 10.2 Å². The van der Waals surface area contributed by atoms with E-state index in [2.05, 4.69) is 15.0 Å². The average molecular weight is 270 g/mol. The first-order chi connectivity index (χ1) is 8.59. The molecule has 0 aromatic carbocycles. The molecule has 0 aliphatic carbocycles. The Morgan fingerprint density at radius 1 is 1.44 bits per heavy atom. The van der Waals surface area contributed by atoms with Gasteiger partial charge in [-0.3, -0.25) is 4.98 Å². The van der Waals surface area contributed by atoms with Crippen LogP contribution in [0.1, 0.15) is 11.1 Å². The molecule has 6 nitrogen and oxygen atoms in total. The maximum Gasteiger partial charge on any atom is 0.279 e. The van der Waals surface area contributed by atoms with Crippen LogP contribution in [0.2, 0.25) is 0 Å². The summed E-state index contributed by atoms with van der Waals surface area (Å²) in [5, 5.41) is 3.13. The number of hydrogen-bond donors (Lipinski definition) is 2. The van der Waals surface area contributed by atoms with Crippen molar-refractivity contribution < 1.29 is 8.42 Å². The van der Waals surface area contributed by atoms with Gasteiger partial charge in [0.05, 0.1) is 0 Å². The van der Waals surface area contributed by atoms with E-state index in [1.807, 2.05) is 13.0 Å². The van der Waals surface area contributed by atoms with Gasteiger partial charge in [-0.25, -0.2) is 0 Å². The summed E-state index contributed by atoms with van der Waals surface area (Å²) in [6.45, 7) is 4.66. The molecule has 0 saturated carbocycles. The summed E-state index contributed by atoms with van der Waals surface area (Å²) in [7, 11) is -3.38. The first kappa shape index (κ1) is 13.4. The number of aromatic nitrogens is 1. The molecular formula is C11H18N4O2S. The lowest BCUT2D eigenvalue weighted by atomic mass is 10.2. The van der Waals surface area contributed by atoms with E-state index in [-0.39, 0.29) is 6.54 Å². The van der Waals surface area contributed by atoms with E-state index in [9.17, 15) is 8.42 Å². The second-order valence-corrected chi connectivity index (χ2v) is 6.03. The number of piperazine rings is 1. The molecule has 0 amide bonds. The highest BCUT2D eigenvalue weighted by atomic mass is 32.2. The molecule has 1 aliphatic rings. The third-order valence-corrected chi connectivity index (χ3v) is 4.56. The molecule has 7 heteroatoms. The molecule has 1 saturated heterocycles. The molecule has 2 rings (SSSR count). The number of rotatable bonds is 4. The minimum atomic E-state index is -3.38. The topological polar surface area (TPSA) is 74.3 Å². The van der Waals surface area contributed by atoms with Gasteiger partial charge < -0.3 is 5.32 Å². The molecule has 2 heterocycles. The second-order valence-electron chi connectivity index (χ2n) is 4.28. The van der Waals surface area contributed by atoms with E-state index in [1.165, 1.54) is 4.31 Å². The molecule has 0 unspecified atom stereocenters. The summed E-state index contributed by atoms with van der Waals surface area (Å²) >= 11 is 0. The predicted molar refractivity (Wildman–Crippen MR) is 69.2 cm³/mol. The van der Waals surface area contributed by atoms with Gasteiger partial charge in [0.1, 0.15) is 0 Å². The van der Waals surface area contributed by atoms with Crippen LogP contribution in [0, 0.1) is 6.92 Å². The van der Waals surface area contributed by atoms with E-state index in [0.29, 0.717) is 26.2 Å². The highest BCUT2D eigenvalue weighted by Gasteiger charge is 2.23. The van der Waals surface area contributed by atoms with Crippen molar-refractivity contribution in [2.75, 3.05) is 26.2 Å². The van der Waals surface area contributed by atoms with Crippen molar-refractivity contribution in [1.29, 1.82) is 0 Å². The lowest BCUT2D eigenvalue weighted by molar-refractivity contribution is 0.354. The van der Waals surface area contributed by atoms with Crippen LogP contribution in [0.5, 0.6) is 0 Å². The predicted octanol–water partition coefficient (Wildman–Crippen LogP) is -0.370. The molecule has 0 atom stereocenters. The van der Waals surface area contributed by atoms with Crippen molar-refractivity contribution in [3.8, 4) is 0 Å². The summed E-state index contributed by atoms with van der Waals surface area (Å²) in [6.07, 6.45) is 3.39. The first-order valence-electron chi connectivity index (χ1n) is 5.94. The minimum absolute atomic E-state index is 0.284. The van der Waals surface area contributed by atoms with Gasteiger partial charge in [0.25, 0.3) is 10.2 Å². The van der Waals surface area contributed by atoms with E-state index in [1.54, 1.807) is 12.4 Å². The lowest BCUT2D eigenvalue weighted by Gasteiger charge is -2.26. The number of nitrogens with one attached hydrogen (secondary N) is 2. The van der Waals surface area contributed by atoms with Crippen LogP contribution < -0.4 is 10.0 Å². The van der Waals surface area contributed by atoms with Crippen LogP contribution in [-0.2, 0) is 16.8 Å². The van der Waals surface area contributed by atoms with Gasteiger partial charge in [0.15, 0.2) is 0 Å². The van der Waals surface area contributed by atoms with Crippen molar-refractivity contribution in [2.24, 2.45) is 0 Å².